The van der Waals surface area contributed by atoms with Gasteiger partial charge in [-0.1, -0.05) is 45.8 Å². The van der Waals surface area contributed by atoms with E-state index in [9.17, 15) is 24.0 Å². The average Bonchev–Trinajstić information content (AvgIpc) is 2.86. The third-order valence-corrected chi connectivity index (χ3v) is 6.49. The van der Waals surface area contributed by atoms with Gasteiger partial charge in [-0.15, -0.1) is 6.58 Å². The monoisotopic (exact) mass is 548 g/mol. The molecule has 220 valence electrons. The van der Waals surface area contributed by atoms with Crippen LogP contribution in [-0.4, -0.2) is 53.3 Å². The fourth-order valence-electron chi connectivity index (χ4n) is 4.48. The van der Waals surface area contributed by atoms with Gasteiger partial charge in [-0.2, -0.15) is 0 Å². The van der Waals surface area contributed by atoms with Gasteiger partial charge in [0.1, 0.15) is 17.7 Å². The first-order valence-electron chi connectivity index (χ1n) is 14.0. The maximum atomic E-state index is 13.6. The number of ether oxygens (including phenoxy) is 1. The van der Waals surface area contributed by atoms with Gasteiger partial charge in [-0.25, -0.2) is 4.79 Å². The molecule has 10 heteroatoms. The van der Waals surface area contributed by atoms with Gasteiger partial charge in [0.05, 0.1) is 6.04 Å². The van der Waals surface area contributed by atoms with Crippen LogP contribution in [0.5, 0.6) is 0 Å². The van der Waals surface area contributed by atoms with E-state index >= 15 is 0 Å². The first-order chi connectivity index (χ1) is 18.3. The van der Waals surface area contributed by atoms with Crippen LogP contribution < -0.4 is 21.3 Å². The lowest BCUT2D eigenvalue weighted by atomic mass is 9.83. The Hall–Kier alpha value is -3.17. The second kappa shape index (κ2) is 16.7. The number of carbonyl (C=O) groups excluding carboxylic acids is 5. The van der Waals surface area contributed by atoms with E-state index in [0.29, 0.717) is 19.3 Å². The molecule has 0 aromatic heterocycles. The van der Waals surface area contributed by atoms with Gasteiger partial charge in [0, 0.05) is 0 Å². The summed E-state index contributed by atoms with van der Waals surface area (Å²) < 4.78 is 5.40. The molecular weight excluding hydrogens is 500 g/mol. The SMILES string of the molecule is C=CCCC(NC(=O)C(CCC(C)C)NC(=O)[C@@H](NC(=O)OC(C)(C)C)C1CCCCC1)C(=O)C(=O)NC=C. The van der Waals surface area contributed by atoms with Crippen LogP contribution in [0.4, 0.5) is 4.79 Å². The molecule has 0 bridgehead atoms. The highest BCUT2D eigenvalue weighted by molar-refractivity contribution is 6.38. The van der Waals surface area contributed by atoms with Gasteiger partial charge >= 0.3 is 6.09 Å². The van der Waals surface area contributed by atoms with Gasteiger partial charge in [0.25, 0.3) is 5.91 Å². The first kappa shape index (κ1) is 33.9. The maximum Gasteiger partial charge on any atom is 0.408 e. The number of nitrogens with one attached hydrogen (secondary N) is 4. The molecule has 2 unspecified atom stereocenters. The number of Topliss-reactive ketones (excluding diaryl/α,β-unsaturated/α-hetero) is 1. The van der Waals surface area contributed by atoms with Crippen molar-refractivity contribution in [3.8, 4) is 0 Å². The number of rotatable bonds is 15. The minimum Gasteiger partial charge on any atom is -0.444 e. The second-order valence-electron chi connectivity index (χ2n) is 11.5. The number of alkyl carbamates (subject to hydrolysis) is 1. The molecule has 1 saturated carbocycles. The van der Waals surface area contributed by atoms with E-state index in [1.54, 1.807) is 26.8 Å². The molecule has 4 amide bonds. The van der Waals surface area contributed by atoms with E-state index < -0.39 is 53.3 Å². The third-order valence-electron chi connectivity index (χ3n) is 6.49. The minimum atomic E-state index is -1.09. The van der Waals surface area contributed by atoms with Gasteiger partial charge in [0.15, 0.2) is 0 Å². The molecule has 1 rings (SSSR count). The van der Waals surface area contributed by atoms with E-state index in [2.05, 4.69) is 34.4 Å². The van der Waals surface area contributed by atoms with Crippen LogP contribution in [0.15, 0.2) is 25.4 Å². The van der Waals surface area contributed by atoms with Gasteiger partial charge in [-0.05, 0) is 77.3 Å². The van der Waals surface area contributed by atoms with Gasteiger partial charge in [0.2, 0.25) is 17.6 Å². The molecule has 3 atom stereocenters. The zero-order valence-corrected chi connectivity index (χ0v) is 24.3. The number of hydrogen-bond acceptors (Lipinski definition) is 6. The molecule has 0 heterocycles. The molecule has 1 fully saturated rings. The van der Waals surface area contributed by atoms with Crippen molar-refractivity contribution >= 4 is 29.6 Å². The number of allylic oxidation sites excluding steroid dienone is 1. The lowest BCUT2D eigenvalue weighted by Crippen LogP contribution is -2.58. The largest absolute Gasteiger partial charge is 0.444 e. The molecular formula is C29H48N4O6. The van der Waals surface area contributed by atoms with E-state index in [4.69, 9.17) is 4.74 Å². The molecule has 39 heavy (non-hydrogen) atoms. The topological polar surface area (TPSA) is 143 Å². The lowest BCUT2D eigenvalue weighted by Gasteiger charge is -2.32. The molecule has 1 aliphatic rings. The quantitative estimate of drug-likeness (QED) is 0.182. The van der Waals surface area contributed by atoms with E-state index in [1.807, 2.05) is 13.8 Å². The van der Waals surface area contributed by atoms with Crippen molar-refractivity contribution in [3.63, 3.8) is 0 Å². The van der Waals surface area contributed by atoms with Crippen LogP contribution >= 0.6 is 0 Å². The number of amides is 4. The predicted octanol–water partition coefficient (Wildman–Crippen LogP) is 3.66. The van der Waals surface area contributed by atoms with Crippen LogP contribution in [-0.2, 0) is 23.9 Å². The van der Waals surface area contributed by atoms with E-state index in [1.165, 1.54) is 0 Å². The molecule has 4 N–H and O–H groups in total. The Balaban J connectivity index is 3.15. The van der Waals surface area contributed by atoms with Crippen molar-refractivity contribution in [2.45, 2.75) is 116 Å². The number of carbonyl (C=O) groups is 5. The van der Waals surface area contributed by atoms with Crippen molar-refractivity contribution < 1.29 is 28.7 Å². The zero-order valence-electron chi connectivity index (χ0n) is 24.3. The second-order valence-corrected chi connectivity index (χ2v) is 11.5. The van der Waals surface area contributed by atoms with Crippen molar-refractivity contribution in [1.29, 1.82) is 0 Å². The van der Waals surface area contributed by atoms with Crippen LogP contribution in [0.25, 0.3) is 0 Å². The Labute approximate surface area is 233 Å². The Morgan fingerprint density at radius 1 is 0.872 bits per heavy atom. The summed E-state index contributed by atoms with van der Waals surface area (Å²) in [6.07, 6.45) is 8.02. The lowest BCUT2D eigenvalue weighted by molar-refractivity contribution is -0.140. The Bertz CT molecular complexity index is 873. The summed E-state index contributed by atoms with van der Waals surface area (Å²) in [5, 5.41) is 10.4. The first-order valence-corrected chi connectivity index (χ1v) is 14.0. The van der Waals surface area contributed by atoms with Crippen molar-refractivity contribution in [2.75, 3.05) is 0 Å². The summed E-state index contributed by atoms with van der Waals surface area (Å²) in [5.74, 6) is -2.59. The molecule has 0 spiro atoms. The minimum absolute atomic E-state index is 0.0930. The molecule has 0 aromatic carbocycles. The van der Waals surface area contributed by atoms with Crippen LogP contribution in [0.1, 0.15) is 92.4 Å². The van der Waals surface area contributed by atoms with Crippen LogP contribution in [0.3, 0.4) is 0 Å². The van der Waals surface area contributed by atoms with Gasteiger partial charge in [-0.3, -0.25) is 19.2 Å². The maximum absolute atomic E-state index is 13.6. The summed E-state index contributed by atoms with van der Waals surface area (Å²) in [7, 11) is 0. The summed E-state index contributed by atoms with van der Waals surface area (Å²) in [4.78, 5) is 64.4. The summed E-state index contributed by atoms with van der Waals surface area (Å²) in [6, 6.07) is -2.93. The summed E-state index contributed by atoms with van der Waals surface area (Å²) >= 11 is 0. The van der Waals surface area contributed by atoms with Crippen molar-refractivity contribution in [3.05, 3.63) is 25.4 Å². The molecule has 10 nitrogen and oxygen atoms in total. The highest BCUT2D eigenvalue weighted by Gasteiger charge is 2.35. The third kappa shape index (κ3) is 13.0. The fourth-order valence-corrected chi connectivity index (χ4v) is 4.48. The normalized spacial score (nSPS) is 16.3. The molecule has 0 radical (unpaired) electrons. The van der Waals surface area contributed by atoms with E-state index in [0.717, 1.165) is 38.3 Å². The Kier molecular flexibility index (Phi) is 14.5. The summed E-state index contributed by atoms with van der Waals surface area (Å²) in [5.41, 5.74) is -0.734. The standard InChI is InChI=1S/C29H48N4O6/c1-8-10-16-21(24(34)27(37)30-9-2)31-25(35)22(18-17-19(3)4)32-26(36)23(20-14-12-11-13-15-20)33-28(38)39-29(5,6)7/h8-9,19-23H,1-2,10-18H2,3-7H3,(H,30,37)(H,31,35)(H,32,36)(H,33,38)/t21?,22?,23-/m0/s1. The highest BCUT2D eigenvalue weighted by atomic mass is 16.6. The van der Waals surface area contributed by atoms with Crippen molar-refractivity contribution in [1.82, 2.24) is 21.3 Å². The highest BCUT2D eigenvalue weighted by Crippen LogP contribution is 2.27. The number of ketones is 1. The molecule has 0 aromatic rings. The number of hydrogen-bond donors (Lipinski definition) is 4. The van der Waals surface area contributed by atoms with E-state index in [-0.39, 0.29) is 18.3 Å². The smallest absolute Gasteiger partial charge is 0.408 e. The predicted molar refractivity (Wildman–Crippen MR) is 150 cm³/mol. The average molecular weight is 549 g/mol. The van der Waals surface area contributed by atoms with Crippen LogP contribution in [0, 0.1) is 11.8 Å². The van der Waals surface area contributed by atoms with Crippen LogP contribution in [0.2, 0.25) is 0 Å². The molecule has 0 aliphatic heterocycles. The molecule has 0 saturated heterocycles. The Morgan fingerprint density at radius 2 is 1.49 bits per heavy atom. The van der Waals surface area contributed by atoms with Crippen molar-refractivity contribution in [2.24, 2.45) is 11.8 Å². The molecule has 1 aliphatic carbocycles. The van der Waals surface area contributed by atoms with Gasteiger partial charge < -0.3 is 26.0 Å². The fraction of sp³-hybridized carbons (Fsp3) is 0.690. The zero-order chi connectivity index (χ0) is 29.6. The Morgan fingerprint density at radius 3 is 2.03 bits per heavy atom. The summed E-state index contributed by atoms with van der Waals surface area (Å²) in [6.45, 7) is 16.3.